The van der Waals surface area contributed by atoms with Crippen molar-refractivity contribution >= 4 is 52.9 Å². The molecule has 5 nitrogen and oxygen atoms in total. The number of para-hydroxylation sites is 1. The summed E-state index contributed by atoms with van der Waals surface area (Å²) in [5, 5.41) is 5.31. The first-order valence-corrected chi connectivity index (χ1v) is 9.89. The Kier molecular flexibility index (Phi) is 8.56. The van der Waals surface area contributed by atoms with Crippen molar-refractivity contribution in [2.24, 2.45) is 4.99 Å². The zero-order chi connectivity index (χ0) is 18.4. The Labute approximate surface area is 182 Å². The number of rotatable bonds is 5. The maximum absolute atomic E-state index is 12.7. The Morgan fingerprint density at radius 3 is 2.85 bits per heavy atom. The summed E-state index contributed by atoms with van der Waals surface area (Å²) in [5.74, 6) is 0.838. The van der Waals surface area contributed by atoms with Crippen molar-refractivity contribution in [1.29, 1.82) is 0 Å². The number of likely N-dealkylation sites (N-methyl/N-ethyl adjacent to an activating group) is 1. The highest BCUT2D eigenvalue weighted by Crippen LogP contribution is 2.26. The van der Waals surface area contributed by atoms with Gasteiger partial charge in [-0.05, 0) is 42.3 Å². The molecule has 1 aromatic carbocycles. The van der Waals surface area contributed by atoms with Gasteiger partial charge in [0.05, 0.1) is 6.54 Å². The number of carbonyl (C=O) groups is 1. The summed E-state index contributed by atoms with van der Waals surface area (Å²) in [4.78, 5) is 22.4. The monoisotopic (exact) mass is 498 g/mol. The number of aliphatic imine (C=N–C) groups is 1. The van der Waals surface area contributed by atoms with Crippen LogP contribution in [-0.4, -0.2) is 50.5 Å². The number of halogens is 1. The highest BCUT2D eigenvalue weighted by molar-refractivity contribution is 14.0. The third-order valence-corrected chi connectivity index (χ3v) is 5.59. The number of guanidine groups is 1. The standard InChI is InChI=1S/C20H26N4OS.HI/c1-21-20(23(2)13-11-17-9-6-14-26-17)22-15-19(25)24-12-5-8-16-7-3-4-10-18(16)24;/h3-4,6-7,9-10,14H,5,8,11-13,15H2,1-2H3,(H,21,22);1H. The molecule has 0 unspecified atom stereocenters. The second-order valence-corrected chi connectivity index (χ2v) is 7.46. The molecule has 3 rings (SSSR count). The summed E-state index contributed by atoms with van der Waals surface area (Å²) >= 11 is 1.77. The fraction of sp³-hybridized carbons (Fsp3) is 0.400. The molecule has 7 heteroatoms. The number of thiophene rings is 1. The summed E-state index contributed by atoms with van der Waals surface area (Å²) < 4.78 is 0. The third-order valence-electron chi connectivity index (χ3n) is 4.66. The van der Waals surface area contributed by atoms with Crippen LogP contribution in [0.15, 0.2) is 46.8 Å². The van der Waals surface area contributed by atoms with Crippen LogP contribution in [-0.2, 0) is 17.6 Å². The van der Waals surface area contributed by atoms with E-state index >= 15 is 0 Å². The first kappa shape index (κ1) is 21.7. The molecule has 27 heavy (non-hydrogen) atoms. The molecule has 2 heterocycles. The molecule has 1 N–H and O–H groups in total. The minimum Gasteiger partial charge on any atom is -0.347 e. The van der Waals surface area contributed by atoms with E-state index in [0.29, 0.717) is 0 Å². The minimum atomic E-state index is 0. The van der Waals surface area contributed by atoms with E-state index in [1.54, 1.807) is 18.4 Å². The number of fused-ring (bicyclic) bond motifs is 1. The predicted molar refractivity (Wildman–Crippen MR) is 125 cm³/mol. The third kappa shape index (κ3) is 5.68. The number of hydrogen-bond acceptors (Lipinski definition) is 3. The topological polar surface area (TPSA) is 47.9 Å². The molecule has 0 aliphatic carbocycles. The SMILES string of the molecule is CN=C(NCC(=O)N1CCCc2ccccc21)N(C)CCc1cccs1.I. The van der Waals surface area contributed by atoms with Crippen molar-refractivity contribution in [1.82, 2.24) is 10.2 Å². The number of anilines is 1. The molecule has 0 spiro atoms. The zero-order valence-electron chi connectivity index (χ0n) is 15.9. The highest BCUT2D eigenvalue weighted by Gasteiger charge is 2.22. The second-order valence-electron chi connectivity index (χ2n) is 6.43. The summed E-state index contributed by atoms with van der Waals surface area (Å²) in [7, 11) is 3.76. The van der Waals surface area contributed by atoms with Gasteiger partial charge in [-0.15, -0.1) is 35.3 Å². The van der Waals surface area contributed by atoms with Crippen LogP contribution in [0.3, 0.4) is 0 Å². The van der Waals surface area contributed by atoms with Crippen LogP contribution in [0.1, 0.15) is 16.9 Å². The van der Waals surface area contributed by atoms with Crippen LogP contribution in [0.5, 0.6) is 0 Å². The van der Waals surface area contributed by atoms with Crippen LogP contribution in [0.4, 0.5) is 5.69 Å². The van der Waals surface area contributed by atoms with Gasteiger partial charge in [0.15, 0.2) is 5.96 Å². The van der Waals surface area contributed by atoms with Gasteiger partial charge in [-0.3, -0.25) is 9.79 Å². The van der Waals surface area contributed by atoms with Crippen LogP contribution >= 0.6 is 35.3 Å². The van der Waals surface area contributed by atoms with E-state index in [1.165, 1.54) is 10.4 Å². The first-order valence-electron chi connectivity index (χ1n) is 9.01. The van der Waals surface area contributed by atoms with Gasteiger partial charge in [0.1, 0.15) is 0 Å². The Balaban J connectivity index is 0.00000261. The van der Waals surface area contributed by atoms with Crippen molar-refractivity contribution in [2.75, 3.05) is 38.6 Å². The van der Waals surface area contributed by atoms with Gasteiger partial charge in [-0.1, -0.05) is 24.3 Å². The maximum Gasteiger partial charge on any atom is 0.246 e. The molecule has 0 radical (unpaired) electrons. The van der Waals surface area contributed by atoms with E-state index < -0.39 is 0 Å². The van der Waals surface area contributed by atoms with Crippen molar-refractivity contribution in [3.05, 3.63) is 52.2 Å². The smallest absolute Gasteiger partial charge is 0.246 e. The number of amides is 1. The van der Waals surface area contributed by atoms with Gasteiger partial charge in [0.25, 0.3) is 0 Å². The molecule has 1 amide bonds. The normalized spacial score (nSPS) is 13.6. The van der Waals surface area contributed by atoms with Crippen molar-refractivity contribution in [3.63, 3.8) is 0 Å². The van der Waals surface area contributed by atoms with E-state index in [-0.39, 0.29) is 36.4 Å². The molecular formula is C20H27IN4OS. The van der Waals surface area contributed by atoms with E-state index in [2.05, 4.69) is 38.8 Å². The fourth-order valence-electron chi connectivity index (χ4n) is 3.27. The quantitative estimate of drug-likeness (QED) is 0.391. The molecule has 2 aromatic rings. The Morgan fingerprint density at radius 1 is 1.30 bits per heavy atom. The van der Waals surface area contributed by atoms with E-state index in [9.17, 15) is 4.79 Å². The van der Waals surface area contributed by atoms with Gasteiger partial charge < -0.3 is 15.1 Å². The maximum atomic E-state index is 12.7. The number of carbonyl (C=O) groups excluding carboxylic acids is 1. The van der Waals surface area contributed by atoms with E-state index in [4.69, 9.17) is 0 Å². The fourth-order valence-corrected chi connectivity index (χ4v) is 3.96. The van der Waals surface area contributed by atoms with Gasteiger partial charge in [0.2, 0.25) is 5.91 Å². The minimum absolute atomic E-state index is 0. The summed E-state index contributed by atoms with van der Waals surface area (Å²) in [6.07, 6.45) is 3.03. The molecule has 0 saturated heterocycles. The van der Waals surface area contributed by atoms with E-state index in [0.717, 1.165) is 44.0 Å². The molecule has 0 atom stereocenters. The largest absolute Gasteiger partial charge is 0.347 e. The number of nitrogens with zero attached hydrogens (tertiary/aromatic N) is 3. The molecule has 1 aromatic heterocycles. The van der Waals surface area contributed by atoms with Crippen LogP contribution in [0.25, 0.3) is 0 Å². The molecular weight excluding hydrogens is 471 g/mol. The number of hydrogen-bond donors (Lipinski definition) is 1. The van der Waals surface area contributed by atoms with Crippen molar-refractivity contribution in [2.45, 2.75) is 19.3 Å². The number of benzene rings is 1. The molecule has 0 bridgehead atoms. The molecule has 1 aliphatic heterocycles. The average Bonchev–Trinajstić information content (AvgIpc) is 3.19. The zero-order valence-corrected chi connectivity index (χ0v) is 19.0. The van der Waals surface area contributed by atoms with Crippen LogP contribution in [0.2, 0.25) is 0 Å². The molecule has 0 fully saturated rings. The second kappa shape index (κ2) is 10.7. The van der Waals surface area contributed by atoms with Crippen molar-refractivity contribution < 1.29 is 4.79 Å². The lowest BCUT2D eigenvalue weighted by atomic mass is 10.0. The molecule has 1 aliphatic rings. The Hall–Kier alpha value is -1.61. The summed E-state index contributed by atoms with van der Waals surface area (Å²) in [5.41, 5.74) is 2.30. The van der Waals surface area contributed by atoms with Crippen LogP contribution < -0.4 is 10.2 Å². The highest BCUT2D eigenvalue weighted by atomic mass is 127. The lowest BCUT2D eigenvalue weighted by Gasteiger charge is -2.30. The lowest BCUT2D eigenvalue weighted by molar-refractivity contribution is -0.117. The first-order chi connectivity index (χ1) is 12.7. The molecule has 146 valence electrons. The number of nitrogens with one attached hydrogen (secondary N) is 1. The van der Waals surface area contributed by atoms with Crippen LogP contribution in [0, 0.1) is 0 Å². The summed E-state index contributed by atoms with van der Waals surface area (Å²) in [6, 6.07) is 12.4. The van der Waals surface area contributed by atoms with Gasteiger partial charge in [-0.2, -0.15) is 0 Å². The predicted octanol–water partition coefficient (Wildman–Crippen LogP) is 3.40. The Bertz CT molecular complexity index is 763. The van der Waals surface area contributed by atoms with Gasteiger partial charge in [0, 0.05) is 37.7 Å². The molecule has 0 saturated carbocycles. The number of aryl methyl sites for hydroxylation is 1. The Morgan fingerprint density at radius 2 is 2.11 bits per heavy atom. The van der Waals surface area contributed by atoms with Gasteiger partial charge >= 0.3 is 0 Å². The van der Waals surface area contributed by atoms with E-state index in [1.807, 2.05) is 30.1 Å². The van der Waals surface area contributed by atoms with Gasteiger partial charge in [-0.25, -0.2) is 0 Å². The average molecular weight is 498 g/mol. The summed E-state index contributed by atoms with van der Waals surface area (Å²) in [6.45, 7) is 1.90. The lowest BCUT2D eigenvalue weighted by Crippen LogP contribution is -2.46. The van der Waals surface area contributed by atoms with Crippen molar-refractivity contribution in [3.8, 4) is 0 Å².